The molecular weight excluding hydrogens is 411 g/mol. The van der Waals surface area contributed by atoms with Crippen molar-refractivity contribution in [1.29, 1.82) is 0 Å². The molecule has 2 fully saturated rings. The van der Waals surface area contributed by atoms with E-state index in [-0.39, 0.29) is 17.6 Å². The van der Waals surface area contributed by atoms with Crippen molar-refractivity contribution in [2.45, 2.75) is 39.3 Å². The van der Waals surface area contributed by atoms with Crippen LogP contribution in [-0.2, 0) is 11.0 Å². The highest BCUT2D eigenvalue weighted by molar-refractivity contribution is 5.76. The second-order valence-corrected chi connectivity index (χ2v) is 8.35. The van der Waals surface area contributed by atoms with Gasteiger partial charge in [0, 0.05) is 57.4 Å². The number of carbonyl (C=O) groups excluding carboxylic acids is 1. The summed E-state index contributed by atoms with van der Waals surface area (Å²) in [5.41, 5.74) is 0.590. The van der Waals surface area contributed by atoms with Crippen molar-refractivity contribution < 1.29 is 18.0 Å². The van der Waals surface area contributed by atoms with E-state index in [9.17, 15) is 18.0 Å². The molecule has 2 aliphatic heterocycles. The highest BCUT2D eigenvalue weighted by Crippen LogP contribution is 2.30. The lowest BCUT2D eigenvalue weighted by atomic mass is 9.93. The molecule has 0 saturated carbocycles. The molecule has 4 heterocycles. The molecule has 0 N–H and O–H groups in total. The predicted molar refractivity (Wildman–Crippen MR) is 109 cm³/mol. The molecule has 1 amide bonds. The van der Waals surface area contributed by atoms with E-state index in [0.717, 1.165) is 45.6 Å². The zero-order valence-electron chi connectivity index (χ0n) is 17.9. The average molecular weight is 439 g/mol. The number of alkyl halides is 3. The quantitative estimate of drug-likeness (QED) is 0.728. The second-order valence-electron chi connectivity index (χ2n) is 8.35. The summed E-state index contributed by atoms with van der Waals surface area (Å²) in [4.78, 5) is 26.6. The molecule has 0 aromatic carbocycles. The number of rotatable bonds is 4. The monoisotopic (exact) mass is 439 g/mol. The van der Waals surface area contributed by atoms with E-state index in [4.69, 9.17) is 0 Å². The van der Waals surface area contributed by atoms with Gasteiger partial charge in [-0.2, -0.15) is 22.7 Å². The number of piperidine rings is 1. The molecule has 4 rings (SSSR count). The minimum Gasteiger partial charge on any atom is -0.356 e. The van der Waals surface area contributed by atoms with Gasteiger partial charge in [-0.1, -0.05) is 6.92 Å². The van der Waals surface area contributed by atoms with Gasteiger partial charge in [0.15, 0.2) is 0 Å². The smallest absolute Gasteiger partial charge is 0.356 e. The maximum absolute atomic E-state index is 13.1. The number of carbonyl (C=O) groups is 1. The number of piperazine rings is 1. The van der Waals surface area contributed by atoms with Gasteiger partial charge in [-0.15, -0.1) is 5.10 Å². The molecule has 170 valence electrons. The summed E-state index contributed by atoms with van der Waals surface area (Å²) in [5, 5.41) is 3.65. The average Bonchev–Trinajstić information content (AvgIpc) is 3.18. The number of amides is 1. The van der Waals surface area contributed by atoms with E-state index in [2.05, 4.69) is 26.9 Å². The van der Waals surface area contributed by atoms with E-state index in [0.29, 0.717) is 31.0 Å². The fourth-order valence-corrected chi connectivity index (χ4v) is 4.37. The molecule has 2 saturated heterocycles. The van der Waals surface area contributed by atoms with Crippen LogP contribution in [0.5, 0.6) is 0 Å². The third kappa shape index (κ3) is 4.76. The summed E-state index contributed by atoms with van der Waals surface area (Å²) in [5.74, 6) is -0.178. The number of nitrogens with zero attached hydrogens (tertiary/aromatic N) is 7. The van der Waals surface area contributed by atoms with Gasteiger partial charge in [-0.25, -0.2) is 4.98 Å². The van der Waals surface area contributed by atoms with E-state index < -0.39 is 12.0 Å². The molecule has 0 bridgehead atoms. The lowest BCUT2D eigenvalue weighted by Gasteiger charge is -2.36. The maximum atomic E-state index is 13.1. The van der Waals surface area contributed by atoms with Crippen molar-refractivity contribution in [3.63, 3.8) is 0 Å². The fourth-order valence-electron chi connectivity index (χ4n) is 4.37. The molecule has 0 aliphatic carbocycles. The number of hydrogen-bond acceptors (Lipinski definition) is 6. The van der Waals surface area contributed by atoms with Gasteiger partial charge in [-0.05, 0) is 32.2 Å². The van der Waals surface area contributed by atoms with Crippen molar-refractivity contribution in [2.24, 2.45) is 5.92 Å². The molecule has 31 heavy (non-hydrogen) atoms. The second kappa shape index (κ2) is 8.60. The van der Waals surface area contributed by atoms with Gasteiger partial charge in [0.1, 0.15) is 5.82 Å². The lowest BCUT2D eigenvalue weighted by Crippen LogP contribution is -2.49. The summed E-state index contributed by atoms with van der Waals surface area (Å²) in [7, 11) is 0. The highest BCUT2D eigenvalue weighted by Gasteiger charge is 2.37. The Bertz CT molecular complexity index is 929. The summed E-state index contributed by atoms with van der Waals surface area (Å²) >= 11 is 0. The minimum absolute atomic E-state index is 0.0501. The van der Waals surface area contributed by atoms with E-state index in [1.807, 2.05) is 9.80 Å². The van der Waals surface area contributed by atoms with Crippen LogP contribution in [-0.4, -0.2) is 81.1 Å². The number of hydrogen-bond donors (Lipinski definition) is 0. The molecule has 0 atom stereocenters. The van der Waals surface area contributed by atoms with Crippen LogP contribution in [0.1, 0.15) is 37.7 Å². The van der Waals surface area contributed by atoms with Crippen LogP contribution < -0.4 is 4.90 Å². The Balaban J connectivity index is 1.39. The standard InChI is InChI=1S/C20H28F3N7O/c1-3-27-8-10-29(11-9-27)17(31)13-15-4-6-28(7-5-15)16-12-14(2)24-19-25-18(20(21,22)23)26-30(16)19/h12,15H,3-11,13H2,1-2H3. The molecule has 11 heteroatoms. The number of aryl methyl sites for hydroxylation is 1. The number of likely N-dealkylation sites (N-methyl/N-ethyl adjacent to an activating group) is 1. The zero-order chi connectivity index (χ0) is 22.2. The van der Waals surface area contributed by atoms with Crippen molar-refractivity contribution in [3.8, 4) is 0 Å². The highest BCUT2D eigenvalue weighted by atomic mass is 19.4. The van der Waals surface area contributed by atoms with Crippen LogP contribution in [0.15, 0.2) is 6.07 Å². The Labute approximate surface area is 179 Å². The van der Waals surface area contributed by atoms with E-state index in [1.54, 1.807) is 13.0 Å². The normalized spacial score (nSPS) is 19.4. The first-order valence-corrected chi connectivity index (χ1v) is 10.8. The van der Waals surface area contributed by atoms with Gasteiger partial charge in [0.2, 0.25) is 5.91 Å². The van der Waals surface area contributed by atoms with Gasteiger partial charge in [-0.3, -0.25) is 4.79 Å². The number of halogens is 3. The summed E-state index contributed by atoms with van der Waals surface area (Å²) in [6.07, 6.45) is -2.46. The van der Waals surface area contributed by atoms with Gasteiger partial charge in [0.25, 0.3) is 11.6 Å². The van der Waals surface area contributed by atoms with E-state index in [1.165, 1.54) is 4.52 Å². The minimum atomic E-state index is -4.62. The molecule has 0 radical (unpaired) electrons. The zero-order valence-corrected chi connectivity index (χ0v) is 17.9. The van der Waals surface area contributed by atoms with Crippen molar-refractivity contribution >= 4 is 17.5 Å². The Morgan fingerprint density at radius 1 is 1.10 bits per heavy atom. The topological polar surface area (TPSA) is 69.9 Å². The van der Waals surface area contributed by atoms with E-state index >= 15 is 0 Å². The Kier molecular flexibility index (Phi) is 6.05. The Hall–Kier alpha value is -2.43. The third-order valence-corrected chi connectivity index (χ3v) is 6.25. The number of anilines is 1. The molecule has 2 aliphatic rings. The predicted octanol–water partition coefficient (Wildman–Crippen LogP) is 2.22. The van der Waals surface area contributed by atoms with Crippen LogP contribution in [0.4, 0.5) is 19.0 Å². The number of fused-ring (bicyclic) bond motifs is 1. The van der Waals surface area contributed by atoms with Crippen LogP contribution >= 0.6 is 0 Å². The molecule has 0 unspecified atom stereocenters. The summed E-state index contributed by atoms with van der Waals surface area (Å²) in [6, 6.07) is 1.74. The lowest BCUT2D eigenvalue weighted by molar-refractivity contribution is -0.144. The molecule has 0 spiro atoms. The van der Waals surface area contributed by atoms with Gasteiger partial charge >= 0.3 is 6.18 Å². The van der Waals surface area contributed by atoms with Gasteiger partial charge < -0.3 is 14.7 Å². The summed E-state index contributed by atoms with van der Waals surface area (Å²) in [6.45, 7) is 9.61. The molecular formula is C20H28F3N7O. The Morgan fingerprint density at radius 3 is 2.39 bits per heavy atom. The first kappa shape index (κ1) is 21.8. The molecule has 2 aromatic heterocycles. The van der Waals surface area contributed by atoms with Gasteiger partial charge in [0.05, 0.1) is 0 Å². The Morgan fingerprint density at radius 2 is 1.77 bits per heavy atom. The maximum Gasteiger partial charge on any atom is 0.453 e. The number of aromatic nitrogens is 4. The molecule has 8 nitrogen and oxygen atoms in total. The fraction of sp³-hybridized carbons (Fsp3) is 0.700. The van der Waals surface area contributed by atoms with Crippen LogP contribution in [0, 0.1) is 12.8 Å². The first-order chi connectivity index (χ1) is 14.7. The van der Waals surface area contributed by atoms with Crippen molar-refractivity contribution in [2.75, 3.05) is 50.7 Å². The first-order valence-electron chi connectivity index (χ1n) is 10.8. The van der Waals surface area contributed by atoms with Crippen LogP contribution in [0.2, 0.25) is 0 Å². The third-order valence-electron chi connectivity index (χ3n) is 6.25. The van der Waals surface area contributed by atoms with Crippen molar-refractivity contribution in [3.05, 3.63) is 17.6 Å². The molecule has 2 aromatic rings. The van der Waals surface area contributed by atoms with Crippen LogP contribution in [0.25, 0.3) is 5.78 Å². The SMILES string of the molecule is CCN1CCN(C(=O)CC2CCN(c3cc(C)nc4nc(C(F)(F)F)nn34)CC2)CC1. The van der Waals surface area contributed by atoms with Crippen molar-refractivity contribution in [1.82, 2.24) is 29.4 Å². The van der Waals surface area contributed by atoms with Crippen LogP contribution in [0.3, 0.4) is 0 Å². The largest absolute Gasteiger partial charge is 0.453 e. The summed E-state index contributed by atoms with van der Waals surface area (Å²) < 4.78 is 40.3.